The topological polar surface area (TPSA) is 49.4 Å². The Morgan fingerprint density at radius 2 is 1.67 bits per heavy atom. The van der Waals surface area contributed by atoms with Crippen molar-refractivity contribution in [1.82, 2.24) is 10.2 Å². The number of carbonyl (C=O) groups excluding carboxylic acids is 2. The lowest BCUT2D eigenvalue weighted by Gasteiger charge is -2.47. The van der Waals surface area contributed by atoms with Gasteiger partial charge in [0.1, 0.15) is 11.6 Å². The Morgan fingerprint density at radius 3 is 2.14 bits per heavy atom. The van der Waals surface area contributed by atoms with Crippen molar-refractivity contribution < 1.29 is 9.59 Å². The predicted octanol–water partition coefficient (Wildman–Crippen LogP) is 2.86. The zero-order chi connectivity index (χ0) is 15.7. The minimum Gasteiger partial charge on any atom is -0.340 e. The van der Waals surface area contributed by atoms with E-state index in [0.717, 1.165) is 13.0 Å². The van der Waals surface area contributed by atoms with Gasteiger partial charge in [0.2, 0.25) is 11.8 Å². The van der Waals surface area contributed by atoms with Crippen LogP contribution in [0.1, 0.15) is 72.6 Å². The second-order valence-electron chi connectivity index (χ2n) is 6.95. The minimum absolute atomic E-state index is 0.00236. The van der Waals surface area contributed by atoms with Crippen LogP contribution in [0.5, 0.6) is 0 Å². The van der Waals surface area contributed by atoms with Gasteiger partial charge in [-0.2, -0.15) is 0 Å². The van der Waals surface area contributed by atoms with Gasteiger partial charge in [-0.25, -0.2) is 0 Å². The van der Waals surface area contributed by atoms with Crippen LogP contribution in [-0.4, -0.2) is 34.8 Å². The molecule has 0 bridgehead atoms. The van der Waals surface area contributed by atoms with Crippen LogP contribution >= 0.6 is 0 Å². The van der Waals surface area contributed by atoms with E-state index in [-0.39, 0.29) is 23.3 Å². The third kappa shape index (κ3) is 2.69. The fourth-order valence-electron chi connectivity index (χ4n) is 4.03. The van der Waals surface area contributed by atoms with Crippen molar-refractivity contribution >= 4 is 11.8 Å². The molecule has 1 aliphatic heterocycles. The van der Waals surface area contributed by atoms with E-state index in [0.29, 0.717) is 12.8 Å². The Labute approximate surface area is 128 Å². The first-order valence-electron chi connectivity index (χ1n) is 8.56. The number of hydrogen-bond acceptors (Lipinski definition) is 2. The number of carbonyl (C=O) groups is 2. The smallest absolute Gasteiger partial charge is 0.248 e. The Kier molecular flexibility index (Phi) is 4.64. The van der Waals surface area contributed by atoms with E-state index in [9.17, 15) is 9.59 Å². The summed E-state index contributed by atoms with van der Waals surface area (Å²) >= 11 is 0. The summed E-state index contributed by atoms with van der Waals surface area (Å²) in [4.78, 5) is 27.2. The molecule has 0 radical (unpaired) electrons. The summed E-state index contributed by atoms with van der Waals surface area (Å²) in [5, 5.41) is 2.98. The molecule has 2 rings (SSSR count). The molecule has 1 aliphatic carbocycles. The van der Waals surface area contributed by atoms with Crippen molar-refractivity contribution in [2.45, 2.75) is 84.2 Å². The van der Waals surface area contributed by atoms with Crippen LogP contribution in [-0.2, 0) is 9.59 Å². The molecule has 4 nitrogen and oxygen atoms in total. The molecule has 0 aromatic heterocycles. The van der Waals surface area contributed by atoms with Crippen LogP contribution < -0.4 is 5.32 Å². The normalized spacial score (nSPS) is 27.8. The highest BCUT2D eigenvalue weighted by Crippen LogP contribution is 2.42. The molecule has 0 aromatic rings. The van der Waals surface area contributed by atoms with Crippen molar-refractivity contribution in [3.8, 4) is 0 Å². The van der Waals surface area contributed by atoms with Crippen molar-refractivity contribution in [3.05, 3.63) is 0 Å². The molecule has 1 heterocycles. The van der Waals surface area contributed by atoms with Gasteiger partial charge in [0.25, 0.3) is 0 Å². The van der Waals surface area contributed by atoms with Crippen molar-refractivity contribution in [2.24, 2.45) is 5.41 Å². The molecule has 21 heavy (non-hydrogen) atoms. The maximum atomic E-state index is 13.0. The molecule has 1 atom stereocenters. The average molecular weight is 294 g/mol. The second kappa shape index (κ2) is 5.98. The Morgan fingerprint density at radius 1 is 1.10 bits per heavy atom. The van der Waals surface area contributed by atoms with Crippen LogP contribution in [0.2, 0.25) is 0 Å². The lowest BCUT2D eigenvalue weighted by atomic mass is 9.80. The molecule has 2 aliphatic rings. The van der Waals surface area contributed by atoms with Crippen LogP contribution in [0.15, 0.2) is 0 Å². The minimum atomic E-state index is -0.683. The first-order chi connectivity index (χ1) is 9.93. The zero-order valence-corrected chi connectivity index (χ0v) is 14.0. The van der Waals surface area contributed by atoms with E-state index in [1.807, 2.05) is 25.7 Å². The first kappa shape index (κ1) is 16.3. The summed E-state index contributed by atoms with van der Waals surface area (Å²) in [6, 6.07) is -0.340. The van der Waals surface area contributed by atoms with Crippen LogP contribution in [0.25, 0.3) is 0 Å². The Bertz CT molecular complexity index is 409. The van der Waals surface area contributed by atoms with E-state index >= 15 is 0 Å². The maximum absolute atomic E-state index is 13.0. The molecule has 1 saturated heterocycles. The summed E-state index contributed by atoms with van der Waals surface area (Å²) in [7, 11) is 0. The fourth-order valence-corrected chi connectivity index (χ4v) is 4.03. The average Bonchev–Trinajstić information content (AvgIpc) is 2.97. The van der Waals surface area contributed by atoms with Crippen molar-refractivity contribution in [2.75, 3.05) is 6.54 Å². The number of piperazine rings is 1. The van der Waals surface area contributed by atoms with Crippen molar-refractivity contribution in [3.63, 3.8) is 0 Å². The van der Waals surface area contributed by atoms with Crippen LogP contribution in [0, 0.1) is 5.41 Å². The second-order valence-corrected chi connectivity index (χ2v) is 6.95. The Hall–Kier alpha value is -1.06. The highest BCUT2D eigenvalue weighted by atomic mass is 16.2. The SMILES string of the molecule is CCC1(CN2C(=O)C(CC)(CC)NC(=O)C2C)CCCC1. The van der Waals surface area contributed by atoms with Gasteiger partial charge >= 0.3 is 0 Å². The monoisotopic (exact) mass is 294 g/mol. The first-order valence-corrected chi connectivity index (χ1v) is 8.56. The molecule has 0 spiro atoms. The molecule has 0 aromatic carbocycles. The van der Waals surface area contributed by atoms with Gasteiger partial charge in [-0.1, -0.05) is 33.6 Å². The molecule has 120 valence electrons. The zero-order valence-electron chi connectivity index (χ0n) is 14.0. The van der Waals surface area contributed by atoms with Gasteiger partial charge in [0.05, 0.1) is 0 Å². The van der Waals surface area contributed by atoms with Gasteiger partial charge < -0.3 is 10.2 Å². The number of hydrogen-bond donors (Lipinski definition) is 1. The van der Waals surface area contributed by atoms with Gasteiger partial charge in [-0.3, -0.25) is 9.59 Å². The molecule has 2 fully saturated rings. The lowest BCUT2D eigenvalue weighted by molar-refractivity contribution is -0.156. The number of rotatable bonds is 5. The van der Waals surface area contributed by atoms with E-state index < -0.39 is 5.54 Å². The number of nitrogens with zero attached hydrogens (tertiary/aromatic N) is 1. The van der Waals surface area contributed by atoms with Gasteiger partial charge in [0, 0.05) is 6.54 Å². The van der Waals surface area contributed by atoms with Crippen LogP contribution in [0.4, 0.5) is 0 Å². The predicted molar refractivity (Wildman–Crippen MR) is 83.8 cm³/mol. The number of amides is 2. The largest absolute Gasteiger partial charge is 0.340 e. The summed E-state index contributed by atoms with van der Waals surface area (Å²) in [5.74, 6) is 0.127. The fraction of sp³-hybridized carbons (Fsp3) is 0.882. The summed E-state index contributed by atoms with van der Waals surface area (Å²) in [5.41, 5.74) is -0.452. The quantitative estimate of drug-likeness (QED) is 0.847. The van der Waals surface area contributed by atoms with Gasteiger partial charge in [-0.05, 0) is 44.4 Å². The Balaban J connectivity index is 2.26. The van der Waals surface area contributed by atoms with E-state index in [4.69, 9.17) is 0 Å². The summed E-state index contributed by atoms with van der Waals surface area (Å²) in [6.07, 6.45) is 7.30. The molecular formula is C17H30N2O2. The molecule has 1 unspecified atom stereocenters. The molecule has 1 N–H and O–H groups in total. The van der Waals surface area contributed by atoms with E-state index in [1.165, 1.54) is 25.7 Å². The molecule has 4 heteroatoms. The third-order valence-corrected chi connectivity index (χ3v) is 6.01. The third-order valence-electron chi connectivity index (χ3n) is 6.01. The standard InChI is InChI=1S/C17H30N2O2/c1-5-16(10-8-9-11-16)12-19-13(4)14(20)18-17(6-2,7-3)15(19)21/h13H,5-12H2,1-4H3,(H,18,20). The molecule has 1 saturated carbocycles. The molecule has 2 amide bonds. The maximum Gasteiger partial charge on any atom is 0.248 e. The number of nitrogens with one attached hydrogen (secondary N) is 1. The van der Waals surface area contributed by atoms with Crippen molar-refractivity contribution in [1.29, 1.82) is 0 Å². The van der Waals surface area contributed by atoms with Gasteiger partial charge in [0.15, 0.2) is 0 Å². The van der Waals surface area contributed by atoms with E-state index in [2.05, 4.69) is 12.2 Å². The highest BCUT2D eigenvalue weighted by Gasteiger charge is 2.49. The van der Waals surface area contributed by atoms with Crippen LogP contribution in [0.3, 0.4) is 0 Å². The summed E-state index contributed by atoms with van der Waals surface area (Å²) < 4.78 is 0. The van der Waals surface area contributed by atoms with Gasteiger partial charge in [-0.15, -0.1) is 0 Å². The molecular weight excluding hydrogens is 264 g/mol. The summed E-state index contributed by atoms with van der Waals surface area (Å²) in [6.45, 7) is 8.80. The lowest BCUT2D eigenvalue weighted by Crippen LogP contribution is -2.70. The van der Waals surface area contributed by atoms with E-state index in [1.54, 1.807) is 0 Å². The highest BCUT2D eigenvalue weighted by molar-refractivity contribution is 5.99.